The van der Waals surface area contributed by atoms with Gasteiger partial charge in [-0.1, -0.05) is 13.3 Å². The van der Waals surface area contributed by atoms with E-state index in [1.165, 1.54) is 27.3 Å². The van der Waals surface area contributed by atoms with Crippen molar-refractivity contribution in [3.8, 4) is 11.5 Å². The van der Waals surface area contributed by atoms with Crippen LogP contribution in [0.1, 0.15) is 25.3 Å². The van der Waals surface area contributed by atoms with E-state index in [-0.39, 0.29) is 11.4 Å². The van der Waals surface area contributed by atoms with Crippen molar-refractivity contribution >= 4 is 21.8 Å². The Hall–Kier alpha value is -2.55. The van der Waals surface area contributed by atoms with E-state index in [4.69, 9.17) is 9.47 Å². The lowest BCUT2D eigenvalue weighted by Crippen LogP contribution is -2.38. The molecular formula is C17H23N3O5S. The Morgan fingerprint density at radius 2 is 1.92 bits per heavy atom. The first-order chi connectivity index (χ1) is 12.3. The number of nitrogens with zero attached hydrogens (tertiary/aromatic N) is 2. The van der Waals surface area contributed by atoms with Gasteiger partial charge < -0.3 is 14.8 Å². The van der Waals surface area contributed by atoms with Crippen LogP contribution in [0.25, 0.3) is 0 Å². The molecule has 0 aromatic heterocycles. The molecule has 1 aromatic carbocycles. The van der Waals surface area contributed by atoms with Crippen molar-refractivity contribution in [1.29, 1.82) is 0 Å². The van der Waals surface area contributed by atoms with Gasteiger partial charge in [-0.15, -0.1) is 4.40 Å². The van der Waals surface area contributed by atoms with Crippen LogP contribution < -0.4 is 14.8 Å². The third-order valence-electron chi connectivity index (χ3n) is 3.90. The summed E-state index contributed by atoms with van der Waals surface area (Å²) in [5, 5.41) is 2.72. The van der Waals surface area contributed by atoms with Gasteiger partial charge in [-0.3, -0.25) is 4.79 Å². The number of nitrogens with one attached hydrogen (secondary N) is 1. The van der Waals surface area contributed by atoms with Crippen molar-refractivity contribution in [3.05, 3.63) is 35.5 Å². The van der Waals surface area contributed by atoms with Crippen LogP contribution in [0, 0.1) is 0 Å². The van der Waals surface area contributed by atoms with Gasteiger partial charge in [0.05, 0.1) is 19.9 Å². The molecule has 1 heterocycles. The van der Waals surface area contributed by atoms with Crippen molar-refractivity contribution in [2.45, 2.75) is 19.8 Å². The number of amides is 1. The lowest BCUT2D eigenvalue weighted by atomic mass is 10.1. The Labute approximate surface area is 153 Å². The molecule has 1 aromatic rings. The van der Waals surface area contributed by atoms with Crippen LogP contribution in [0.4, 0.5) is 0 Å². The largest absolute Gasteiger partial charge is 0.493 e. The number of rotatable bonds is 7. The number of ether oxygens (including phenoxy) is 2. The molecule has 142 valence electrons. The molecule has 1 aliphatic heterocycles. The minimum atomic E-state index is -4.00. The Balaban J connectivity index is 2.42. The monoisotopic (exact) mass is 381 g/mol. The van der Waals surface area contributed by atoms with Gasteiger partial charge in [0.1, 0.15) is 5.70 Å². The van der Waals surface area contributed by atoms with Gasteiger partial charge in [-0.25, -0.2) is 4.31 Å². The van der Waals surface area contributed by atoms with E-state index in [2.05, 4.69) is 9.71 Å². The molecule has 0 aliphatic carbocycles. The van der Waals surface area contributed by atoms with Crippen LogP contribution in [0.3, 0.4) is 0 Å². The SMILES string of the molecule is CCCCNC(=O)C1=CC(c2ccc(OC)c(OC)c2)=NS(=O)(=O)N1C. The summed E-state index contributed by atoms with van der Waals surface area (Å²) in [6.07, 6.45) is 3.18. The highest BCUT2D eigenvalue weighted by molar-refractivity contribution is 7.88. The van der Waals surface area contributed by atoms with E-state index in [0.29, 0.717) is 23.6 Å². The minimum Gasteiger partial charge on any atom is -0.493 e. The number of carbonyl (C=O) groups excluding carboxylic acids is 1. The van der Waals surface area contributed by atoms with Gasteiger partial charge in [-0.05, 0) is 30.7 Å². The molecule has 0 radical (unpaired) electrons. The lowest BCUT2D eigenvalue weighted by Gasteiger charge is -2.23. The van der Waals surface area contributed by atoms with Crippen molar-refractivity contribution in [2.75, 3.05) is 27.8 Å². The summed E-state index contributed by atoms with van der Waals surface area (Å²) in [5.41, 5.74) is 0.670. The average Bonchev–Trinajstić information content (AvgIpc) is 2.63. The van der Waals surface area contributed by atoms with Gasteiger partial charge >= 0.3 is 10.2 Å². The number of methoxy groups -OCH3 is 2. The third-order valence-corrected chi connectivity index (χ3v) is 5.22. The lowest BCUT2D eigenvalue weighted by molar-refractivity contribution is -0.118. The molecule has 8 nitrogen and oxygen atoms in total. The van der Waals surface area contributed by atoms with Gasteiger partial charge in [0.2, 0.25) is 0 Å². The Morgan fingerprint density at radius 1 is 1.23 bits per heavy atom. The highest BCUT2D eigenvalue weighted by atomic mass is 32.2. The number of benzene rings is 1. The molecule has 0 saturated carbocycles. The molecule has 0 atom stereocenters. The van der Waals surface area contributed by atoms with E-state index >= 15 is 0 Å². The van der Waals surface area contributed by atoms with E-state index in [1.54, 1.807) is 18.2 Å². The van der Waals surface area contributed by atoms with Crippen molar-refractivity contribution in [1.82, 2.24) is 9.62 Å². The number of carbonyl (C=O) groups is 1. The standard InChI is InChI=1S/C17H23N3O5S/c1-5-6-9-18-17(21)14-11-13(19-26(22,23)20(14)2)12-7-8-15(24-3)16(10-12)25-4/h7-8,10-11H,5-6,9H2,1-4H3,(H,18,21). The summed E-state index contributed by atoms with van der Waals surface area (Å²) >= 11 is 0. The molecule has 0 fully saturated rings. The maximum atomic E-state index is 12.4. The van der Waals surface area contributed by atoms with Crippen molar-refractivity contribution < 1.29 is 22.7 Å². The van der Waals surface area contributed by atoms with E-state index in [9.17, 15) is 13.2 Å². The minimum absolute atomic E-state index is 0.0147. The van der Waals surface area contributed by atoms with Gasteiger partial charge in [-0.2, -0.15) is 8.42 Å². The third kappa shape index (κ3) is 4.16. The Kier molecular flexibility index (Phi) is 6.25. The van der Waals surface area contributed by atoms with Crippen LogP contribution >= 0.6 is 0 Å². The molecular weight excluding hydrogens is 358 g/mol. The zero-order valence-electron chi connectivity index (χ0n) is 15.3. The number of hydrogen-bond donors (Lipinski definition) is 1. The first kappa shape index (κ1) is 19.8. The van der Waals surface area contributed by atoms with Crippen LogP contribution in [0.2, 0.25) is 0 Å². The molecule has 0 spiro atoms. The maximum absolute atomic E-state index is 12.4. The van der Waals surface area contributed by atoms with Crippen molar-refractivity contribution in [3.63, 3.8) is 0 Å². The number of allylic oxidation sites excluding steroid dienone is 1. The highest BCUT2D eigenvalue weighted by Gasteiger charge is 2.30. The molecule has 0 bridgehead atoms. The second-order valence-corrected chi connectivity index (χ2v) is 7.26. The number of unbranched alkanes of at least 4 members (excludes halogenated alkanes) is 1. The second kappa shape index (κ2) is 8.22. The zero-order valence-corrected chi connectivity index (χ0v) is 16.1. The topological polar surface area (TPSA) is 97.3 Å². The summed E-state index contributed by atoms with van der Waals surface area (Å²) in [6, 6.07) is 4.92. The summed E-state index contributed by atoms with van der Waals surface area (Å²) < 4.78 is 39.8. The fourth-order valence-corrected chi connectivity index (χ4v) is 3.28. The van der Waals surface area contributed by atoms with Crippen LogP contribution in [-0.4, -0.2) is 52.2 Å². The van der Waals surface area contributed by atoms with Crippen LogP contribution in [-0.2, 0) is 15.0 Å². The summed E-state index contributed by atoms with van der Waals surface area (Å²) in [4.78, 5) is 12.4. The van der Waals surface area contributed by atoms with Crippen LogP contribution in [0.15, 0.2) is 34.4 Å². The zero-order chi connectivity index (χ0) is 19.3. The van der Waals surface area contributed by atoms with Crippen molar-refractivity contribution in [2.24, 2.45) is 4.40 Å². The van der Waals surface area contributed by atoms with E-state index < -0.39 is 16.1 Å². The maximum Gasteiger partial charge on any atom is 0.345 e. The molecule has 1 amide bonds. The predicted molar refractivity (Wildman–Crippen MR) is 98.8 cm³/mol. The molecule has 0 unspecified atom stereocenters. The average molecular weight is 381 g/mol. The molecule has 1 aliphatic rings. The fraction of sp³-hybridized carbons (Fsp3) is 0.412. The van der Waals surface area contributed by atoms with Gasteiger partial charge in [0.25, 0.3) is 5.91 Å². The molecule has 26 heavy (non-hydrogen) atoms. The Bertz CT molecular complexity index is 846. The predicted octanol–water partition coefficient (Wildman–Crippen LogP) is 1.48. The molecule has 1 N–H and O–H groups in total. The molecule has 0 saturated heterocycles. The fourth-order valence-electron chi connectivity index (χ4n) is 2.37. The molecule has 2 rings (SSSR count). The smallest absolute Gasteiger partial charge is 0.345 e. The Morgan fingerprint density at radius 3 is 2.54 bits per heavy atom. The van der Waals surface area contributed by atoms with E-state index in [1.807, 2.05) is 6.92 Å². The second-order valence-electron chi connectivity index (χ2n) is 5.63. The van der Waals surface area contributed by atoms with Crippen LogP contribution in [0.5, 0.6) is 11.5 Å². The highest BCUT2D eigenvalue weighted by Crippen LogP contribution is 2.29. The number of likely N-dealkylation sites (N-methyl/N-ethyl adjacent to an activating group) is 1. The first-order valence-electron chi connectivity index (χ1n) is 8.15. The molecule has 9 heteroatoms. The summed E-state index contributed by atoms with van der Waals surface area (Å²) in [6.45, 7) is 2.48. The quantitative estimate of drug-likeness (QED) is 0.722. The first-order valence-corrected chi connectivity index (χ1v) is 9.54. The normalized spacial score (nSPS) is 15.8. The number of hydrogen-bond acceptors (Lipinski definition) is 5. The van der Waals surface area contributed by atoms with Gasteiger partial charge in [0, 0.05) is 19.2 Å². The van der Waals surface area contributed by atoms with E-state index in [0.717, 1.165) is 17.1 Å². The summed E-state index contributed by atoms with van der Waals surface area (Å²) in [5.74, 6) is 0.484. The van der Waals surface area contributed by atoms with Gasteiger partial charge in [0.15, 0.2) is 11.5 Å². The summed E-state index contributed by atoms with van der Waals surface area (Å²) in [7, 11) is 0.293.